The Bertz CT molecular complexity index is 1150. The standard InChI is InChI=1S/C24H25F4N5S/c1-4-33(14-21-20(24(25,26)27)12-19(34-28)13-31(21)2)18-10-6-9-17(11-18)22(16-7-5-8-16)23-30-29-15-32(23)3/h4,6,9-16,22H,1,5,7-8H2,2-3H3/b21-14-. The molecule has 1 unspecified atom stereocenters. The molecule has 2 aromatic rings. The van der Waals surface area contributed by atoms with Crippen LogP contribution in [0.25, 0.3) is 0 Å². The minimum Gasteiger partial charge on any atom is -0.348 e. The first-order valence-corrected chi connectivity index (χ1v) is 11.5. The number of allylic oxidation sites excluding steroid dienone is 2. The van der Waals surface area contributed by atoms with Crippen molar-refractivity contribution >= 4 is 17.8 Å². The number of nitrogens with zero attached hydrogens (tertiary/aromatic N) is 5. The Hall–Kier alpha value is -3.01. The molecule has 1 atom stereocenters. The van der Waals surface area contributed by atoms with E-state index >= 15 is 0 Å². The summed E-state index contributed by atoms with van der Waals surface area (Å²) in [5.74, 6) is 1.33. The van der Waals surface area contributed by atoms with Crippen molar-refractivity contribution in [3.05, 3.63) is 89.4 Å². The third-order valence-electron chi connectivity index (χ3n) is 6.29. The van der Waals surface area contributed by atoms with Gasteiger partial charge in [0.1, 0.15) is 12.2 Å². The number of anilines is 1. The molecular weight excluding hydrogens is 466 g/mol. The van der Waals surface area contributed by atoms with E-state index in [2.05, 4.69) is 16.8 Å². The van der Waals surface area contributed by atoms with Gasteiger partial charge in [-0.2, -0.15) is 17.1 Å². The van der Waals surface area contributed by atoms with Crippen LogP contribution in [0.4, 0.5) is 22.7 Å². The number of aromatic nitrogens is 3. The molecule has 5 nitrogen and oxygen atoms in total. The molecule has 1 aromatic heterocycles. The molecule has 0 saturated heterocycles. The lowest BCUT2D eigenvalue weighted by Gasteiger charge is -2.34. The molecule has 0 amide bonds. The van der Waals surface area contributed by atoms with Gasteiger partial charge in [0.15, 0.2) is 0 Å². The zero-order chi connectivity index (χ0) is 24.5. The molecule has 10 heteroatoms. The number of hydrogen-bond donors (Lipinski definition) is 0. The molecule has 1 aromatic carbocycles. The lowest BCUT2D eigenvalue weighted by Crippen LogP contribution is -2.27. The van der Waals surface area contributed by atoms with Gasteiger partial charge in [-0.25, -0.2) is 0 Å². The highest BCUT2D eigenvalue weighted by molar-refractivity contribution is 7.98. The number of likely N-dealkylation sites (N-methyl/N-ethyl adjacent to an activating group) is 1. The minimum absolute atomic E-state index is 0.0376. The van der Waals surface area contributed by atoms with Crippen LogP contribution < -0.4 is 4.90 Å². The molecule has 1 aliphatic heterocycles. The summed E-state index contributed by atoms with van der Waals surface area (Å²) in [5.41, 5.74) is 0.644. The number of rotatable bonds is 7. The maximum absolute atomic E-state index is 13.8. The van der Waals surface area contributed by atoms with Crippen LogP contribution in [0.15, 0.2) is 78.0 Å². The Morgan fingerprint density at radius 1 is 1.26 bits per heavy atom. The molecule has 1 fully saturated rings. The second-order valence-electron chi connectivity index (χ2n) is 8.44. The predicted octanol–water partition coefficient (Wildman–Crippen LogP) is 6.43. The summed E-state index contributed by atoms with van der Waals surface area (Å²) in [4.78, 5) is 2.69. The fourth-order valence-corrected chi connectivity index (χ4v) is 4.72. The molecule has 34 heavy (non-hydrogen) atoms. The fraction of sp³-hybridized carbons (Fsp3) is 0.333. The Labute approximate surface area is 200 Å². The average molecular weight is 492 g/mol. The summed E-state index contributed by atoms with van der Waals surface area (Å²) in [6, 6.07) is 7.66. The summed E-state index contributed by atoms with van der Waals surface area (Å²) in [6.07, 6.45) is 5.32. The zero-order valence-electron chi connectivity index (χ0n) is 18.8. The molecule has 0 bridgehead atoms. The van der Waals surface area contributed by atoms with Crippen molar-refractivity contribution in [3.63, 3.8) is 0 Å². The molecule has 4 rings (SSSR count). The van der Waals surface area contributed by atoms with Crippen molar-refractivity contribution in [1.82, 2.24) is 19.7 Å². The smallest absolute Gasteiger partial charge is 0.348 e. The SMILES string of the molecule is C=CN(/C=C1/C(C(F)(F)F)=CC(SF)=CN1C)c1cccc(C(c2nncn2C)C2CCC2)c1. The van der Waals surface area contributed by atoms with Gasteiger partial charge in [0.2, 0.25) is 0 Å². The zero-order valence-corrected chi connectivity index (χ0v) is 19.7. The highest BCUT2D eigenvalue weighted by atomic mass is 32.2. The third kappa shape index (κ3) is 4.77. The van der Waals surface area contributed by atoms with Crippen molar-refractivity contribution in [1.29, 1.82) is 0 Å². The van der Waals surface area contributed by atoms with E-state index in [0.717, 1.165) is 36.7 Å². The van der Waals surface area contributed by atoms with Crippen molar-refractivity contribution < 1.29 is 17.1 Å². The van der Waals surface area contributed by atoms with Crippen molar-refractivity contribution in [2.75, 3.05) is 11.9 Å². The van der Waals surface area contributed by atoms with Crippen LogP contribution in [-0.2, 0) is 7.05 Å². The van der Waals surface area contributed by atoms with Gasteiger partial charge in [-0.1, -0.05) is 25.1 Å². The Balaban J connectivity index is 1.73. The second kappa shape index (κ2) is 9.69. The monoisotopic (exact) mass is 491 g/mol. The quantitative estimate of drug-likeness (QED) is 0.417. The van der Waals surface area contributed by atoms with Gasteiger partial charge in [-0.3, -0.25) is 0 Å². The van der Waals surface area contributed by atoms with Crippen LogP contribution in [0.5, 0.6) is 0 Å². The van der Waals surface area contributed by atoms with E-state index in [1.807, 2.05) is 35.9 Å². The van der Waals surface area contributed by atoms with Gasteiger partial charge in [-0.15, -0.1) is 10.2 Å². The van der Waals surface area contributed by atoms with Gasteiger partial charge in [0.05, 0.1) is 28.3 Å². The van der Waals surface area contributed by atoms with Gasteiger partial charge in [0.25, 0.3) is 0 Å². The molecule has 1 saturated carbocycles. The van der Waals surface area contributed by atoms with Crippen molar-refractivity contribution in [3.8, 4) is 0 Å². The van der Waals surface area contributed by atoms with Crippen molar-refractivity contribution in [2.45, 2.75) is 31.4 Å². The minimum atomic E-state index is -4.65. The lowest BCUT2D eigenvalue weighted by atomic mass is 9.72. The molecule has 0 spiro atoms. The van der Waals surface area contributed by atoms with Gasteiger partial charge in [0, 0.05) is 44.3 Å². The molecule has 2 heterocycles. The molecule has 0 radical (unpaired) electrons. The lowest BCUT2D eigenvalue weighted by molar-refractivity contribution is -0.0911. The van der Waals surface area contributed by atoms with Crippen molar-refractivity contribution in [2.24, 2.45) is 13.0 Å². The van der Waals surface area contributed by atoms with E-state index in [1.54, 1.807) is 11.2 Å². The van der Waals surface area contributed by atoms with Crippen LogP contribution in [0, 0.1) is 5.92 Å². The number of hydrogen-bond acceptors (Lipinski definition) is 5. The predicted molar refractivity (Wildman–Crippen MR) is 126 cm³/mol. The number of benzene rings is 1. The van der Waals surface area contributed by atoms with Gasteiger partial charge < -0.3 is 14.4 Å². The first-order valence-electron chi connectivity index (χ1n) is 10.8. The summed E-state index contributed by atoms with van der Waals surface area (Å²) >= 11 is -0.223. The third-order valence-corrected chi connectivity index (χ3v) is 6.69. The summed E-state index contributed by atoms with van der Waals surface area (Å²) in [6.45, 7) is 3.80. The van der Waals surface area contributed by atoms with E-state index in [9.17, 15) is 17.1 Å². The van der Waals surface area contributed by atoms with E-state index in [-0.39, 0.29) is 28.7 Å². The largest absolute Gasteiger partial charge is 0.418 e. The van der Waals surface area contributed by atoms with Crippen LogP contribution in [0.2, 0.25) is 0 Å². The van der Waals surface area contributed by atoms with Crippen LogP contribution >= 0.6 is 12.1 Å². The second-order valence-corrected chi connectivity index (χ2v) is 9.07. The summed E-state index contributed by atoms with van der Waals surface area (Å²) < 4.78 is 56.3. The summed E-state index contributed by atoms with van der Waals surface area (Å²) in [5, 5.41) is 8.37. The Morgan fingerprint density at radius 3 is 2.59 bits per heavy atom. The number of halogens is 4. The molecule has 0 N–H and O–H groups in total. The topological polar surface area (TPSA) is 37.2 Å². The van der Waals surface area contributed by atoms with Crippen LogP contribution in [0.3, 0.4) is 0 Å². The number of alkyl halides is 3. The fourth-order valence-electron chi connectivity index (χ4n) is 4.36. The molecule has 1 aliphatic carbocycles. The highest BCUT2D eigenvalue weighted by Gasteiger charge is 2.39. The first kappa shape index (κ1) is 24.1. The van der Waals surface area contributed by atoms with E-state index in [1.165, 1.54) is 30.5 Å². The normalized spacial score (nSPS) is 18.9. The van der Waals surface area contributed by atoms with E-state index < -0.39 is 11.7 Å². The Kier molecular flexibility index (Phi) is 6.88. The van der Waals surface area contributed by atoms with Crippen LogP contribution in [0.1, 0.15) is 36.6 Å². The first-order chi connectivity index (χ1) is 16.2. The van der Waals surface area contributed by atoms with E-state index in [4.69, 9.17) is 0 Å². The molecule has 2 aliphatic rings. The van der Waals surface area contributed by atoms with Gasteiger partial charge >= 0.3 is 6.18 Å². The maximum atomic E-state index is 13.8. The van der Waals surface area contributed by atoms with Crippen LogP contribution in [-0.4, -0.2) is 32.9 Å². The highest BCUT2D eigenvalue weighted by Crippen LogP contribution is 2.43. The van der Waals surface area contributed by atoms with E-state index in [0.29, 0.717) is 11.6 Å². The van der Waals surface area contributed by atoms with Gasteiger partial charge in [-0.05, 0) is 42.5 Å². The summed E-state index contributed by atoms with van der Waals surface area (Å²) in [7, 11) is 3.37. The number of aryl methyl sites for hydroxylation is 1. The molecular formula is C24H25F4N5S. The maximum Gasteiger partial charge on any atom is 0.418 e. The molecule has 180 valence electrons. The average Bonchev–Trinajstić information content (AvgIpc) is 3.19. The Morgan fingerprint density at radius 2 is 2.03 bits per heavy atom.